The molecule has 3 aliphatic rings. The largest absolute Gasteiger partial charge is 0.483 e. The molecule has 184 valence electrons. The molecular weight excluding hydrogens is 449 g/mol. The molecule has 0 radical (unpaired) electrons. The van der Waals surface area contributed by atoms with E-state index < -0.39 is 17.5 Å². The van der Waals surface area contributed by atoms with Gasteiger partial charge in [0.05, 0.1) is 6.54 Å². The Morgan fingerprint density at radius 1 is 1.21 bits per heavy atom. The Kier molecular flexibility index (Phi) is 7.24. The second-order valence-corrected chi connectivity index (χ2v) is 8.79. The van der Waals surface area contributed by atoms with Crippen molar-refractivity contribution in [3.05, 3.63) is 21.8 Å². The van der Waals surface area contributed by atoms with Crippen molar-refractivity contribution in [1.29, 1.82) is 0 Å². The van der Waals surface area contributed by atoms with Crippen molar-refractivity contribution in [2.24, 2.45) is 5.92 Å². The first-order chi connectivity index (χ1) is 15.5. The van der Waals surface area contributed by atoms with Gasteiger partial charge in [0, 0.05) is 36.5 Å². The number of carboxylic acid groups (broad SMARTS) is 1. The Morgan fingerprint density at radius 3 is 2.36 bits per heavy atom. The maximum atomic E-state index is 13.0. The van der Waals surface area contributed by atoms with Crippen LogP contribution in [-0.4, -0.2) is 78.2 Å². The highest BCUT2D eigenvalue weighted by atomic mass is 19.4. The summed E-state index contributed by atoms with van der Waals surface area (Å²) < 4.78 is 40.2. The lowest BCUT2D eigenvalue weighted by Crippen LogP contribution is -2.58. The summed E-state index contributed by atoms with van der Waals surface area (Å²) in [6, 6.07) is 0.0970. The third kappa shape index (κ3) is 5.09. The zero-order valence-electron chi connectivity index (χ0n) is 18.2. The molecule has 1 N–H and O–H groups in total. The zero-order chi connectivity index (χ0) is 24.4. The molecule has 2 fully saturated rings. The molecule has 1 aliphatic carbocycles. The molecule has 1 atom stereocenters. The Morgan fingerprint density at radius 2 is 1.85 bits per heavy atom. The predicted molar refractivity (Wildman–Crippen MR) is 106 cm³/mol. The van der Waals surface area contributed by atoms with Gasteiger partial charge in [-0.3, -0.25) is 24.6 Å². The minimum Gasteiger partial charge on any atom is -0.483 e. The van der Waals surface area contributed by atoms with Crippen LogP contribution in [0.4, 0.5) is 13.2 Å². The Labute approximate surface area is 187 Å². The van der Waals surface area contributed by atoms with Crippen molar-refractivity contribution in [2.75, 3.05) is 19.6 Å². The molecule has 1 unspecified atom stereocenters. The first kappa shape index (κ1) is 24.9. The molecule has 0 bridgehead atoms. The fourth-order valence-electron chi connectivity index (χ4n) is 5.25. The van der Waals surface area contributed by atoms with Crippen LogP contribution in [0.2, 0.25) is 0 Å². The normalized spacial score (nSPS) is 28.1. The van der Waals surface area contributed by atoms with Crippen LogP contribution in [0.5, 0.6) is 0 Å². The van der Waals surface area contributed by atoms with E-state index in [1.54, 1.807) is 4.90 Å². The standard InChI is InChI=1S/C18H25F3N6O3.CH2O2/c1-12-4-7-26(15(12)28)17(11-27(29)30)5-2-13(3-6-17)24-8-9-25-14(10-24)22-23-16(25)18(19,20)21;2-1-3/h12-13H,2-11H2,1H3;1H,(H,2,3)/t12?,13-,17-;. The van der Waals surface area contributed by atoms with Gasteiger partial charge in [-0.25, -0.2) is 0 Å². The minimum atomic E-state index is -4.53. The van der Waals surface area contributed by atoms with Crippen molar-refractivity contribution in [3.63, 3.8) is 0 Å². The Hall–Kier alpha value is -2.77. The van der Waals surface area contributed by atoms with Gasteiger partial charge >= 0.3 is 6.18 Å². The lowest BCUT2D eigenvalue weighted by Gasteiger charge is -2.46. The molecule has 1 saturated carbocycles. The number of alkyl halides is 3. The zero-order valence-corrected chi connectivity index (χ0v) is 18.2. The van der Waals surface area contributed by atoms with Crippen LogP contribution in [0.1, 0.15) is 50.7 Å². The van der Waals surface area contributed by atoms with Crippen LogP contribution < -0.4 is 0 Å². The van der Waals surface area contributed by atoms with E-state index in [9.17, 15) is 28.1 Å². The van der Waals surface area contributed by atoms with Gasteiger partial charge in [-0.2, -0.15) is 13.2 Å². The number of likely N-dealkylation sites (tertiary alicyclic amines) is 1. The third-order valence-electron chi connectivity index (χ3n) is 6.91. The quantitative estimate of drug-likeness (QED) is 0.394. The van der Waals surface area contributed by atoms with E-state index in [1.165, 1.54) is 0 Å². The first-order valence-corrected chi connectivity index (χ1v) is 10.8. The smallest absolute Gasteiger partial charge is 0.451 e. The Balaban J connectivity index is 0.000000968. The number of nitrogens with zero attached hydrogens (tertiary/aromatic N) is 6. The van der Waals surface area contributed by atoms with Gasteiger partial charge in [0.25, 0.3) is 6.47 Å². The van der Waals surface area contributed by atoms with Crippen molar-refractivity contribution in [3.8, 4) is 0 Å². The number of hydrogen-bond donors (Lipinski definition) is 1. The molecule has 1 aromatic rings. The number of hydrogen-bond acceptors (Lipinski definition) is 7. The molecule has 1 amide bonds. The molecule has 2 aliphatic heterocycles. The van der Waals surface area contributed by atoms with Crippen LogP contribution in [0, 0.1) is 16.0 Å². The summed E-state index contributed by atoms with van der Waals surface area (Å²) in [4.78, 5) is 35.8. The second kappa shape index (κ2) is 9.61. The Bertz CT molecular complexity index is 884. The second-order valence-electron chi connectivity index (χ2n) is 8.79. The number of aromatic nitrogens is 3. The molecule has 11 nitrogen and oxygen atoms in total. The van der Waals surface area contributed by atoms with Gasteiger partial charge in [0.1, 0.15) is 11.4 Å². The topological polar surface area (TPSA) is 135 Å². The summed E-state index contributed by atoms with van der Waals surface area (Å²) in [7, 11) is 0. The van der Waals surface area contributed by atoms with Crippen molar-refractivity contribution in [2.45, 2.75) is 69.9 Å². The van der Waals surface area contributed by atoms with E-state index in [0.717, 1.165) is 4.57 Å². The van der Waals surface area contributed by atoms with Crippen molar-refractivity contribution < 1.29 is 32.8 Å². The number of halogens is 3. The average molecular weight is 476 g/mol. The van der Waals surface area contributed by atoms with Gasteiger partial charge in [-0.05, 0) is 32.1 Å². The summed E-state index contributed by atoms with van der Waals surface area (Å²) in [6.45, 7) is 2.77. The molecule has 14 heteroatoms. The number of amides is 1. The molecule has 0 spiro atoms. The monoisotopic (exact) mass is 476 g/mol. The lowest BCUT2D eigenvalue weighted by molar-refractivity contribution is -0.496. The van der Waals surface area contributed by atoms with Crippen molar-refractivity contribution in [1.82, 2.24) is 24.6 Å². The molecule has 33 heavy (non-hydrogen) atoms. The van der Waals surface area contributed by atoms with E-state index >= 15 is 0 Å². The van der Waals surface area contributed by atoms with E-state index in [2.05, 4.69) is 15.1 Å². The van der Waals surface area contributed by atoms with Crippen molar-refractivity contribution >= 4 is 12.4 Å². The number of nitro groups is 1. The first-order valence-electron chi connectivity index (χ1n) is 10.8. The van der Waals surface area contributed by atoms with Crippen LogP contribution in [0.15, 0.2) is 0 Å². The fraction of sp³-hybridized carbons (Fsp3) is 0.789. The SMILES string of the molecule is CC1CCN([C@]2(C[N+](=O)[O-])CC[C@@H](N3CCn4c(nnc4C(F)(F)F)C3)CC2)C1=O.O=CO. The lowest BCUT2D eigenvalue weighted by atomic mass is 9.77. The third-order valence-corrected chi connectivity index (χ3v) is 6.91. The minimum absolute atomic E-state index is 0.0129. The van der Waals surface area contributed by atoms with E-state index in [0.29, 0.717) is 51.0 Å². The molecule has 3 heterocycles. The number of carbonyl (C=O) groups is 2. The van der Waals surface area contributed by atoms with Crippen LogP contribution in [0.25, 0.3) is 0 Å². The highest BCUT2D eigenvalue weighted by Crippen LogP contribution is 2.40. The summed E-state index contributed by atoms with van der Waals surface area (Å²) in [5, 5.41) is 25.3. The molecule has 4 rings (SSSR count). The van der Waals surface area contributed by atoms with Gasteiger partial charge in [-0.1, -0.05) is 6.92 Å². The van der Waals surface area contributed by atoms with Crippen LogP contribution in [-0.2, 0) is 28.9 Å². The molecular formula is C19H27F3N6O5. The van der Waals surface area contributed by atoms with Gasteiger partial charge in [0.15, 0.2) is 0 Å². The fourth-order valence-corrected chi connectivity index (χ4v) is 5.25. The van der Waals surface area contributed by atoms with Gasteiger partial charge in [0.2, 0.25) is 18.3 Å². The molecule has 1 aromatic heterocycles. The summed E-state index contributed by atoms with van der Waals surface area (Å²) >= 11 is 0. The van der Waals surface area contributed by atoms with Crippen LogP contribution >= 0.6 is 0 Å². The maximum absolute atomic E-state index is 13.0. The van der Waals surface area contributed by atoms with Gasteiger partial charge in [-0.15, -0.1) is 10.2 Å². The predicted octanol–water partition coefficient (Wildman–Crippen LogP) is 1.64. The molecule has 1 saturated heterocycles. The summed E-state index contributed by atoms with van der Waals surface area (Å²) in [5.74, 6) is -0.796. The van der Waals surface area contributed by atoms with Gasteiger partial charge < -0.3 is 14.6 Å². The number of rotatable bonds is 4. The average Bonchev–Trinajstić information content (AvgIpc) is 3.32. The summed E-state index contributed by atoms with van der Waals surface area (Å²) in [5.41, 5.74) is -0.763. The highest BCUT2D eigenvalue weighted by Gasteiger charge is 2.50. The van der Waals surface area contributed by atoms with E-state index in [1.807, 2.05) is 6.92 Å². The van der Waals surface area contributed by atoms with E-state index in [-0.39, 0.29) is 48.9 Å². The van der Waals surface area contributed by atoms with E-state index in [4.69, 9.17) is 9.90 Å². The van der Waals surface area contributed by atoms with Crippen LogP contribution in [0.3, 0.4) is 0 Å². The number of fused-ring (bicyclic) bond motifs is 1. The summed E-state index contributed by atoms with van der Waals surface area (Å²) in [6.07, 6.45) is -1.45. The highest BCUT2D eigenvalue weighted by molar-refractivity contribution is 5.81. The maximum Gasteiger partial charge on any atom is 0.451 e. The number of carbonyl (C=O) groups excluding carboxylic acids is 1. The molecule has 0 aromatic carbocycles.